The van der Waals surface area contributed by atoms with Gasteiger partial charge in [-0.1, -0.05) is 53.2 Å². The summed E-state index contributed by atoms with van der Waals surface area (Å²) in [5, 5.41) is 0. The summed E-state index contributed by atoms with van der Waals surface area (Å²) in [5.41, 5.74) is 1.30. The standard InChI is InChI=1S/C14H18BrNO/c1-11(12-6-3-2-4-7-12)10-16-9-5-8-13(15)14(16)17/h2-4,6-7,11,13H,5,8-10H2,1H3. The fourth-order valence-electron chi connectivity index (χ4n) is 2.29. The maximum atomic E-state index is 12.0. The monoisotopic (exact) mass is 295 g/mol. The van der Waals surface area contributed by atoms with Gasteiger partial charge in [-0.2, -0.15) is 0 Å². The van der Waals surface area contributed by atoms with E-state index in [4.69, 9.17) is 0 Å². The number of piperidine rings is 1. The Kier molecular flexibility index (Phi) is 4.21. The number of hydrogen-bond acceptors (Lipinski definition) is 1. The average Bonchev–Trinajstić information content (AvgIpc) is 2.36. The van der Waals surface area contributed by atoms with Gasteiger partial charge in [-0.3, -0.25) is 4.79 Å². The van der Waals surface area contributed by atoms with Gasteiger partial charge >= 0.3 is 0 Å². The molecule has 0 N–H and O–H groups in total. The Morgan fingerprint density at radius 2 is 2.12 bits per heavy atom. The molecule has 2 atom stereocenters. The smallest absolute Gasteiger partial charge is 0.236 e. The highest BCUT2D eigenvalue weighted by atomic mass is 79.9. The van der Waals surface area contributed by atoms with Crippen LogP contribution in [0, 0.1) is 0 Å². The lowest BCUT2D eigenvalue weighted by Crippen LogP contribution is -2.43. The number of halogens is 1. The maximum Gasteiger partial charge on any atom is 0.236 e. The number of benzene rings is 1. The second-order valence-corrected chi connectivity index (χ2v) is 5.81. The predicted octanol–water partition coefficient (Wildman–Crippen LogP) is 3.18. The zero-order chi connectivity index (χ0) is 12.3. The lowest BCUT2D eigenvalue weighted by molar-refractivity contribution is -0.132. The second-order valence-electron chi connectivity index (χ2n) is 4.71. The van der Waals surface area contributed by atoms with Gasteiger partial charge in [0.15, 0.2) is 0 Å². The minimum absolute atomic E-state index is 0.0271. The molecule has 1 aromatic carbocycles. The van der Waals surface area contributed by atoms with Crippen LogP contribution in [0.25, 0.3) is 0 Å². The van der Waals surface area contributed by atoms with Crippen LogP contribution in [0.5, 0.6) is 0 Å². The van der Waals surface area contributed by atoms with Crippen LogP contribution in [-0.2, 0) is 4.79 Å². The van der Waals surface area contributed by atoms with Crippen molar-refractivity contribution in [3.63, 3.8) is 0 Å². The van der Waals surface area contributed by atoms with Gasteiger partial charge in [-0.05, 0) is 24.3 Å². The van der Waals surface area contributed by atoms with E-state index in [-0.39, 0.29) is 10.7 Å². The van der Waals surface area contributed by atoms with Gasteiger partial charge in [0.2, 0.25) is 5.91 Å². The van der Waals surface area contributed by atoms with Crippen molar-refractivity contribution in [2.24, 2.45) is 0 Å². The van der Waals surface area contributed by atoms with Gasteiger partial charge in [-0.25, -0.2) is 0 Å². The molecule has 0 bridgehead atoms. The van der Waals surface area contributed by atoms with Crippen LogP contribution in [0.15, 0.2) is 30.3 Å². The van der Waals surface area contributed by atoms with Gasteiger partial charge in [0, 0.05) is 13.1 Å². The highest BCUT2D eigenvalue weighted by Gasteiger charge is 2.27. The molecule has 1 aliphatic heterocycles. The zero-order valence-electron chi connectivity index (χ0n) is 10.1. The highest BCUT2D eigenvalue weighted by molar-refractivity contribution is 9.10. The molecule has 0 aromatic heterocycles. The van der Waals surface area contributed by atoms with Crippen molar-refractivity contribution >= 4 is 21.8 Å². The molecule has 2 unspecified atom stereocenters. The van der Waals surface area contributed by atoms with Gasteiger partial charge in [0.05, 0.1) is 4.83 Å². The summed E-state index contributed by atoms with van der Waals surface area (Å²) >= 11 is 3.45. The first-order chi connectivity index (χ1) is 8.18. The minimum atomic E-state index is 0.0271. The van der Waals surface area contributed by atoms with Crippen LogP contribution in [-0.4, -0.2) is 28.7 Å². The van der Waals surface area contributed by atoms with Crippen molar-refractivity contribution in [3.05, 3.63) is 35.9 Å². The molecule has 1 aliphatic rings. The van der Waals surface area contributed by atoms with Crippen LogP contribution in [0.4, 0.5) is 0 Å². The summed E-state index contributed by atoms with van der Waals surface area (Å²) < 4.78 is 0. The van der Waals surface area contributed by atoms with E-state index in [1.54, 1.807) is 0 Å². The molecule has 1 saturated heterocycles. The van der Waals surface area contributed by atoms with Crippen LogP contribution in [0.1, 0.15) is 31.2 Å². The normalized spacial score (nSPS) is 22.6. The topological polar surface area (TPSA) is 20.3 Å². The van der Waals surface area contributed by atoms with E-state index >= 15 is 0 Å². The molecule has 1 heterocycles. The lowest BCUT2D eigenvalue weighted by atomic mass is 9.99. The molecule has 0 aliphatic carbocycles. The van der Waals surface area contributed by atoms with Crippen molar-refractivity contribution in [1.82, 2.24) is 4.90 Å². The number of hydrogen-bond donors (Lipinski definition) is 0. The second kappa shape index (κ2) is 5.67. The first-order valence-corrected chi connectivity index (χ1v) is 7.08. The summed E-state index contributed by atoms with van der Waals surface area (Å²) in [4.78, 5) is 14.0. The number of amides is 1. The molecular weight excluding hydrogens is 278 g/mol. The van der Waals surface area contributed by atoms with Crippen molar-refractivity contribution in [1.29, 1.82) is 0 Å². The average molecular weight is 296 g/mol. The van der Waals surface area contributed by atoms with Gasteiger partial charge in [-0.15, -0.1) is 0 Å². The maximum absolute atomic E-state index is 12.0. The summed E-state index contributed by atoms with van der Waals surface area (Å²) in [5.74, 6) is 0.650. The number of carbonyl (C=O) groups excluding carboxylic acids is 1. The Labute approximate surface area is 111 Å². The van der Waals surface area contributed by atoms with E-state index < -0.39 is 0 Å². The first kappa shape index (κ1) is 12.6. The quantitative estimate of drug-likeness (QED) is 0.785. The number of rotatable bonds is 3. The van der Waals surface area contributed by atoms with E-state index in [1.165, 1.54) is 5.56 Å². The molecule has 2 nitrogen and oxygen atoms in total. The van der Waals surface area contributed by atoms with Crippen molar-refractivity contribution in [3.8, 4) is 0 Å². The molecule has 3 heteroatoms. The SMILES string of the molecule is CC(CN1CCCC(Br)C1=O)c1ccccc1. The largest absolute Gasteiger partial charge is 0.341 e. The van der Waals surface area contributed by atoms with Gasteiger partial charge in [0.1, 0.15) is 0 Å². The third kappa shape index (κ3) is 3.09. The summed E-state index contributed by atoms with van der Waals surface area (Å²) in [6, 6.07) is 10.4. The first-order valence-electron chi connectivity index (χ1n) is 6.16. The fraction of sp³-hybridized carbons (Fsp3) is 0.500. The zero-order valence-corrected chi connectivity index (χ0v) is 11.7. The number of carbonyl (C=O) groups is 1. The fourth-order valence-corrected chi connectivity index (χ4v) is 2.91. The Morgan fingerprint density at radius 3 is 2.82 bits per heavy atom. The number of nitrogens with zero attached hydrogens (tertiary/aromatic N) is 1. The van der Waals surface area contributed by atoms with Crippen LogP contribution in [0.2, 0.25) is 0 Å². The third-order valence-corrected chi connectivity index (χ3v) is 4.18. The molecule has 17 heavy (non-hydrogen) atoms. The summed E-state index contributed by atoms with van der Waals surface area (Å²) in [6.45, 7) is 3.91. The molecule has 0 saturated carbocycles. The molecule has 92 valence electrons. The van der Waals surface area contributed by atoms with E-state index in [0.29, 0.717) is 5.92 Å². The highest BCUT2D eigenvalue weighted by Crippen LogP contribution is 2.22. The van der Waals surface area contributed by atoms with Gasteiger partial charge in [0.25, 0.3) is 0 Å². The summed E-state index contributed by atoms with van der Waals surface area (Å²) in [6.07, 6.45) is 2.07. The molecule has 1 amide bonds. The Bertz CT molecular complexity index is 379. The third-order valence-electron chi connectivity index (χ3n) is 3.33. The molecule has 0 radical (unpaired) electrons. The Hall–Kier alpha value is -0.830. The van der Waals surface area contributed by atoms with Crippen molar-refractivity contribution in [2.75, 3.05) is 13.1 Å². The lowest BCUT2D eigenvalue weighted by Gasteiger charge is -2.32. The number of alkyl halides is 1. The van der Waals surface area contributed by atoms with E-state index in [2.05, 4.69) is 47.1 Å². The van der Waals surface area contributed by atoms with Crippen molar-refractivity contribution in [2.45, 2.75) is 30.5 Å². The van der Waals surface area contributed by atoms with Crippen LogP contribution in [0.3, 0.4) is 0 Å². The van der Waals surface area contributed by atoms with E-state index in [1.807, 2.05) is 11.0 Å². The van der Waals surface area contributed by atoms with E-state index in [9.17, 15) is 4.79 Å². The molecule has 1 aromatic rings. The van der Waals surface area contributed by atoms with Gasteiger partial charge < -0.3 is 4.90 Å². The van der Waals surface area contributed by atoms with Crippen molar-refractivity contribution < 1.29 is 4.79 Å². The minimum Gasteiger partial charge on any atom is -0.341 e. The summed E-state index contributed by atoms with van der Waals surface area (Å²) in [7, 11) is 0. The van der Waals surface area contributed by atoms with E-state index in [0.717, 1.165) is 25.9 Å². The van der Waals surface area contributed by atoms with Crippen LogP contribution >= 0.6 is 15.9 Å². The predicted molar refractivity (Wildman–Crippen MR) is 73.4 cm³/mol. The molecule has 1 fully saturated rings. The molecule has 0 spiro atoms. The molecule has 2 rings (SSSR count). The van der Waals surface area contributed by atoms with Crippen LogP contribution < -0.4 is 0 Å². The Morgan fingerprint density at radius 1 is 1.41 bits per heavy atom. The number of likely N-dealkylation sites (tertiary alicyclic amines) is 1. The Balaban J connectivity index is 1.99. The molecular formula is C14H18BrNO.